The fraction of sp³-hybridized carbons (Fsp3) is 0.333. The van der Waals surface area contributed by atoms with Gasteiger partial charge in [-0.05, 0) is 42.3 Å². The summed E-state index contributed by atoms with van der Waals surface area (Å²) in [6.45, 7) is 4.24. The zero-order valence-electron chi connectivity index (χ0n) is 17.9. The van der Waals surface area contributed by atoms with Crippen LogP contribution in [0.2, 0.25) is 0 Å². The van der Waals surface area contributed by atoms with Gasteiger partial charge in [0.2, 0.25) is 17.7 Å². The van der Waals surface area contributed by atoms with Crippen molar-refractivity contribution in [3.8, 4) is 6.07 Å². The number of hydrogen-bond acceptors (Lipinski definition) is 4. The van der Waals surface area contributed by atoms with Crippen LogP contribution in [0.25, 0.3) is 0 Å². The molecule has 0 heterocycles. The van der Waals surface area contributed by atoms with E-state index in [1.54, 1.807) is 36.4 Å². The largest absolute Gasteiger partial charge is 0.326 e. The minimum absolute atomic E-state index is 0.0294. The number of amides is 3. The molecular formula is C24H28N4O3. The zero-order valence-corrected chi connectivity index (χ0v) is 17.9. The Labute approximate surface area is 183 Å². The lowest BCUT2D eigenvalue weighted by Crippen LogP contribution is -2.32. The minimum atomic E-state index is -0.279. The second kappa shape index (κ2) is 12.1. The molecule has 0 atom stereocenters. The third-order valence-electron chi connectivity index (χ3n) is 4.43. The first kappa shape index (κ1) is 23.6. The number of nitrogens with zero attached hydrogens (tertiary/aromatic N) is 2. The van der Waals surface area contributed by atoms with Crippen molar-refractivity contribution < 1.29 is 14.4 Å². The van der Waals surface area contributed by atoms with Crippen LogP contribution >= 0.6 is 0 Å². The molecular weight excluding hydrogens is 392 g/mol. The van der Waals surface area contributed by atoms with Crippen molar-refractivity contribution in [1.82, 2.24) is 0 Å². The Kier molecular flexibility index (Phi) is 9.24. The van der Waals surface area contributed by atoms with Gasteiger partial charge in [-0.25, -0.2) is 0 Å². The van der Waals surface area contributed by atoms with Crippen LogP contribution in [-0.2, 0) is 14.4 Å². The summed E-state index contributed by atoms with van der Waals surface area (Å²) in [5.74, 6) is -0.262. The Morgan fingerprint density at radius 3 is 2.03 bits per heavy atom. The van der Waals surface area contributed by atoms with Gasteiger partial charge < -0.3 is 15.5 Å². The van der Waals surface area contributed by atoms with Gasteiger partial charge in [0, 0.05) is 42.9 Å². The summed E-state index contributed by atoms with van der Waals surface area (Å²) in [5.41, 5.74) is 1.96. The summed E-state index contributed by atoms with van der Waals surface area (Å²) >= 11 is 0. The van der Waals surface area contributed by atoms with E-state index in [-0.39, 0.29) is 49.4 Å². The van der Waals surface area contributed by atoms with Crippen LogP contribution in [0, 0.1) is 17.2 Å². The van der Waals surface area contributed by atoms with Crippen molar-refractivity contribution in [2.24, 2.45) is 5.92 Å². The summed E-state index contributed by atoms with van der Waals surface area (Å²) < 4.78 is 0. The van der Waals surface area contributed by atoms with Crippen molar-refractivity contribution in [1.29, 1.82) is 5.26 Å². The summed E-state index contributed by atoms with van der Waals surface area (Å²) in [4.78, 5) is 38.3. The fourth-order valence-electron chi connectivity index (χ4n) is 2.97. The number of nitrogens with one attached hydrogen (secondary N) is 2. The molecule has 2 aromatic rings. The van der Waals surface area contributed by atoms with Gasteiger partial charge in [0.25, 0.3) is 0 Å². The maximum atomic E-state index is 12.6. The van der Waals surface area contributed by atoms with E-state index in [1.165, 1.54) is 4.90 Å². The topological polar surface area (TPSA) is 102 Å². The van der Waals surface area contributed by atoms with Gasteiger partial charge in [-0.1, -0.05) is 32.0 Å². The van der Waals surface area contributed by atoms with Crippen LogP contribution in [0.3, 0.4) is 0 Å². The van der Waals surface area contributed by atoms with Gasteiger partial charge in [0.1, 0.15) is 0 Å². The summed E-state index contributed by atoms with van der Waals surface area (Å²) in [5, 5.41) is 14.4. The molecule has 0 aromatic heterocycles. The van der Waals surface area contributed by atoms with Crippen LogP contribution < -0.4 is 15.5 Å². The summed E-state index contributed by atoms with van der Waals surface area (Å²) in [6.07, 6.45) is 0.727. The summed E-state index contributed by atoms with van der Waals surface area (Å²) in [7, 11) is 0. The number of carbonyl (C=O) groups is 3. The molecule has 7 heteroatoms. The lowest BCUT2D eigenvalue weighted by atomic mass is 10.1. The molecule has 0 unspecified atom stereocenters. The number of hydrogen-bond donors (Lipinski definition) is 2. The van der Waals surface area contributed by atoms with Gasteiger partial charge >= 0.3 is 0 Å². The molecule has 0 spiro atoms. The molecule has 0 saturated heterocycles. The van der Waals surface area contributed by atoms with E-state index in [0.29, 0.717) is 23.5 Å². The smallest absolute Gasteiger partial charge is 0.227 e. The Balaban J connectivity index is 1.86. The number of benzene rings is 2. The highest BCUT2D eigenvalue weighted by Gasteiger charge is 2.16. The second-order valence-electron chi connectivity index (χ2n) is 7.56. The van der Waals surface area contributed by atoms with Crippen LogP contribution in [0.5, 0.6) is 0 Å². The lowest BCUT2D eigenvalue weighted by Gasteiger charge is -2.21. The number of anilines is 3. The molecule has 0 aliphatic rings. The first-order valence-electron chi connectivity index (χ1n) is 10.3. The number of nitriles is 1. The molecule has 7 nitrogen and oxygen atoms in total. The Hall–Kier alpha value is -3.66. The van der Waals surface area contributed by atoms with Crippen LogP contribution in [0.1, 0.15) is 39.5 Å². The highest BCUT2D eigenvalue weighted by Crippen LogP contribution is 2.17. The van der Waals surface area contributed by atoms with E-state index in [4.69, 9.17) is 5.26 Å². The van der Waals surface area contributed by atoms with Crippen molar-refractivity contribution in [3.05, 3.63) is 54.6 Å². The quantitative estimate of drug-likeness (QED) is 0.597. The molecule has 2 N–H and O–H groups in total. The van der Waals surface area contributed by atoms with Crippen LogP contribution in [0.4, 0.5) is 17.1 Å². The van der Waals surface area contributed by atoms with E-state index >= 15 is 0 Å². The SMILES string of the molecule is CC(C)CC(=O)Nc1ccc(NC(=O)CCC(=O)N(CCC#N)c2ccccc2)cc1. The average molecular weight is 421 g/mol. The molecule has 2 aromatic carbocycles. The van der Waals surface area contributed by atoms with Gasteiger partial charge in [0.05, 0.1) is 12.5 Å². The molecule has 0 aliphatic carbocycles. The third kappa shape index (κ3) is 8.31. The maximum absolute atomic E-state index is 12.6. The average Bonchev–Trinajstić information content (AvgIpc) is 2.74. The number of para-hydroxylation sites is 1. The highest BCUT2D eigenvalue weighted by atomic mass is 16.2. The molecule has 162 valence electrons. The lowest BCUT2D eigenvalue weighted by molar-refractivity contribution is -0.122. The minimum Gasteiger partial charge on any atom is -0.326 e. The molecule has 2 rings (SSSR count). The predicted octanol–water partition coefficient (Wildman–Crippen LogP) is 4.34. The van der Waals surface area contributed by atoms with E-state index in [2.05, 4.69) is 10.6 Å². The second-order valence-corrected chi connectivity index (χ2v) is 7.56. The van der Waals surface area contributed by atoms with Crippen LogP contribution in [0.15, 0.2) is 54.6 Å². The molecule has 0 fully saturated rings. The fourth-order valence-corrected chi connectivity index (χ4v) is 2.97. The molecule has 3 amide bonds. The monoisotopic (exact) mass is 420 g/mol. The highest BCUT2D eigenvalue weighted by molar-refractivity contribution is 5.98. The van der Waals surface area contributed by atoms with Crippen molar-refractivity contribution in [2.75, 3.05) is 22.1 Å². The van der Waals surface area contributed by atoms with Crippen molar-refractivity contribution >= 4 is 34.8 Å². The predicted molar refractivity (Wildman–Crippen MR) is 121 cm³/mol. The van der Waals surface area contributed by atoms with E-state index in [1.807, 2.05) is 38.1 Å². The maximum Gasteiger partial charge on any atom is 0.227 e. The number of carbonyl (C=O) groups excluding carboxylic acids is 3. The van der Waals surface area contributed by atoms with Gasteiger partial charge in [-0.2, -0.15) is 5.26 Å². The van der Waals surface area contributed by atoms with Crippen molar-refractivity contribution in [2.45, 2.75) is 39.5 Å². The van der Waals surface area contributed by atoms with Gasteiger partial charge in [-0.15, -0.1) is 0 Å². The Morgan fingerprint density at radius 2 is 1.48 bits per heavy atom. The molecule has 0 bridgehead atoms. The first-order valence-corrected chi connectivity index (χ1v) is 10.3. The Morgan fingerprint density at radius 1 is 0.903 bits per heavy atom. The van der Waals surface area contributed by atoms with Crippen molar-refractivity contribution in [3.63, 3.8) is 0 Å². The van der Waals surface area contributed by atoms with Gasteiger partial charge in [-0.3, -0.25) is 14.4 Å². The third-order valence-corrected chi connectivity index (χ3v) is 4.43. The van der Waals surface area contributed by atoms with E-state index in [9.17, 15) is 14.4 Å². The van der Waals surface area contributed by atoms with E-state index in [0.717, 1.165) is 0 Å². The van der Waals surface area contributed by atoms with E-state index < -0.39 is 0 Å². The summed E-state index contributed by atoms with van der Waals surface area (Å²) in [6, 6.07) is 18.0. The zero-order chi connectivity index (χ0) is 22.6. The molecule has 0 aliphatic heterocycles. The molecule has 31 heavy (non-hydrogen) atoms. The van der Waals surface area contributed by atoms with Crippen LogP contribution in [-0.4, -0.2) is 24.3 Å². The standard InChI is InChI=1S/C24H28N4O3/c1-18(2)17-23(30)27-20-11-9-19(10-12-20)26-22(29)13-14-24(31)28(16-6-15-25)21-7-4-3-5-8-21/h3-5,7-12,18H,6,13-14,16-17H2,1-2H3,(H,26,29)(H,27,30). The molecule has 0 saturated carbocycles. The number of rotatable bonds is 10. The molecule has 0 radical (unpaired) electrons. The Bertz CT molecular complexity index is 918. The first-order chi connectivity index (χ1) is 14.9. The normalized spacial score (nSPS) is 10.3. The van der Waals surface area contributed by atoms with Gasteiger partial charge in [0.15, 0.2) is 0 Å².